The summed E-state index contributed by atoms with van der Waals surface area (Å²) in [6.45, 7) is 12.1. The summed E-state index contributed by atoms with van der Waals surface area (Å²) < 4.78 is 0. The number of rotatable bonds is 6. The number of anilines is 1. The number of carbonyl (C=O) groups is 1. The van der Waals surface area contributed by atoms with Gasteiger partial charge < -0.3 is 4.90 Å². The molecule has 0 radical (unpaired) electrons. The van der Waals surface area contributed by atoms with Crippen LogP contribution in [-0.4, -0.2) is 18.7 Å². The summed E-state index contributed by atoms with van der Waals surface area (Å²) in [7, 11) is 0. The molecule has 0 saturated heterocycles. The molecule has 4 rings (SSSR count). The molecule has 0 saturated carbocycles. The smallest absolute Gasteiger partial charge is 0.271 e. The fourth-order valence-electron chi connectivity index (χ4n) is 4.91. The van der Waals surface area contributed by atoms with Crippen molar-refractivity contribution in [2.45, 2.75) is 51.9 Å². The van der Waals surface area contributed by atoms with E-state index in [1.807, 2.05) is 18.2 Å². The average Bonchev–Trinajstić information content (AvgIpc) is 3.08. The number of nitrogens with one attached hydrogen (secondary N) is 1. The Morgan fingerprint density at radius 3 is 2.29 bits per heavy atom. The van der Waals surface area contributed by atoms with Crippen molar-refractivity contribution in [3.05, 3.63) is 113 Å². The average molecular weight is 466 g/mol. The van der Waals surface area contributed by atoms with Crippen LogP contribution in [0.15, 0.2) is 95.7 Å². The molecule has 1 aliphatic heterocycles. The Labute approximate surface area is 209 Å². The number of hydrogen-bond acceptors (Lipinski definition) is 3. The van der Waals surface area contributed by atoms with Crippen LogP contribution >= 0.6 is 0 Å². The predicted octanol–water partition coefficient (Wildman–Crippen LogP) is 6.62. The molecule has 0 fully saturated rings. The molecule has 0 aliphatic carbocycles. The summed E-state index contributed by atoms with van der Waals surface area (Å²) in [6.07, 6.45) is 4.63. The molecule has 3 aromatic carbocycles. The van der Waals surface area contributed by atoms with Crippen LogP contribution in [0.4, 0.5) is 5.69 Å². The lowest BCUT2D eigenvalue weighted by Gasteiger charge is -2.30. The highest BCUT2D eigenvalue weighted by molar-refractivity contribution is 5.94. The number of hydrogen-bond donors (Lipinski definition) is 1. The van der Waals surface area contributed by atoms with Gasteiger partial charge in [-0.05, 0) is 66.6 Å². The van der Waals surface area contributed by atoms with E-state index in [1.165, 1.54) is 28.1 Å². The maximum Gasteiger partial charge on any atom is 0.271 e. The van der Waals surface area contributed by atoms with Gasteiger partial charge in [-0.15, -0.1) is 0 Å². The molecular formula is C31H35N3O. The van der Waals surface area contributed by atoms with Crippen molar-refractivity contribution in [1.29, 1.82) is 0 Å². The number of likely N-dealkylation sites (N-methyl/N-ethyl adjacent to an activating group) is 1. The first-order valence-electron chi connectivity index (χ1n) is 12.3. The van der Waals surface area contributed by atoms with E-state index in [0.717, 1.165) is 13.0 Å². The van der Waals surface area contributed by atoms with Crippen LogP contribution in [0.3, 0.4) is 0 Å². The predicted molar refractivity (Wildman–Crippen MR) is 146 cm³/mol. The Bertz CT molecular complexity index is 1240. The van der Waals surface area contributed by atoms with Crippen LogP contribution in [0.1, 0.15) is 61.7 Å². The van der Waals surface area contributed by atoms with E-state index in [1.54, 1.807) is 18.3 Å². The lowest BCUT2D eigenvalue weighted by Crippen LogP contribution is -2.31. The number of benzene rings is 3. The second-order valence-corrected chi connectivity index (χ2v) is 10.4. The summed E-state index contributed by atoms with van der Waals surface area (Å²) >= 11 is 0. The zero-order valence-corrected chi connectivity index (χ0v) is 21.4. The highest BCUT2D eigenvalue weighted by Gasteiger charge is 2.43. The van der Waals surface area contributed by atoms with E-state index in [4.69, 9.17) is 0 Å². The monoisotopic (exact) mass is 465 g/mol. The van der Waals surface area contributed by atoms with Gasteiger partial charge in [0.05, 0.1) is 0 Å². The van der Waals surface area contributed by atoms with Crippen LogP contribution in [0.5, 0.6) is 0 Å². The van der Waals surface area contributed by atoms with Crippen LogP contribution in [0, 0.1) is 0 Å². The van der Waals surface area contributed by atoms with Crippen molar-refractivity contribution < 1.29 is 4.79 Å². The number of fused-ring (bicyclic) bond motifs is 1. The number of hydrazone groups is 1. The summed E-state index contributed by atoms with van der Waals surface area (Å²) in [6, 6.07) is 26.7. The number of carbonyl (C=O) groups excluding carboxylic acids is 1. The number of amides is 1. The van der Waals surface area contributed by atoms with E-state index in [9.17, 15) is 4.79 Å². The SMILES string of the molecule is CCN1/C(=C\C=N\NC(=O)c2ccccc2)C(C)(Cc2ccccc2)c2cc(C(C)(C)C)ccc21. The summed E-state index contributed by atoms with van der Waals surface area (Å²) in [5.41, 5.74) is 9.45. The molecule has 0 aromatic heterocycles. The van der Waals surface area contributed by atoms with Gasteiger partial charge in [-0.3, -0.25) is 4.79 Å². The Morgan fingerprint density at radius 1 is 1.00 bits per heavy atom. The molecule has 1 unspecified atom stereocenters. The summed E-state index contributed by atoms with van der Waals surface area (Å²) in [5.74, 6) is -0.218. The molecule has 1 N–H and O–H groups in total. The van der Waals surface area contributed by atoms with Crippen molar-refractivity contribution in [3.63, 3.8) is 0 Å². The molecule has 35 heavy (non-hydrogen) atoms. The fraction of sp³-hybridized carbons (Fsp3) is 0.290. The minimum absolute atomic E-state index is 0.0649. The third kappa shape index (κ3) is 5.07. The molecule has 0 spiro atoms. The van der Waals surface area contributed by atoms with Crippen molar-refractivity contribution in [2.75, 3.05) is 11.4 Å². The third-order valence-corrected chi connectivity index (χ3v) is 6.83. The van der Waals surface area contributed by atoms with Gasteiger partial charge in [0.1, 0.15) is 0 Å². The van der Waals surface area contributed by atoms with Gasteiger partial charge in [0.15, 0.2) is 0 Å². The maximum absolute atomic E-state index is 12.4. The minimum atomic E-state index is -0.233. The van der Waals surface area contributed by atoms with Crippen molar-refractivity contribution in [1.82, 2.24) is 5.43 Å². The first kappa shape index (κ1) is 24.5. The van der Waals surface area contributed by atoms with Gasteiger partial charge in [0, 0.05) is 35.1 Å². The molecule has 1 atom stereocenters. The zero-order chi connectivity index (χ0) is 25.1. The van der Waals surface area contributed by atoms with E-state index >= 15 is 0 Å². The second-order valence-electron chi connectivity index (χ2n) is 10.4. The summed E-state index contributed by atoms with van der Waals surface area (Å²) in [4.78, 5) is 14.8. The molecule has 1 amide bonds. The lowest BCUT2D eigenvalue weighted by molar-refractivity contribution is 0.0955. The third-order valence-electron chi connectivity index (χ3n) is 6.83. The Morgan fingerprint density at radius 2 is 1.66 bits per heavy atom. The summed E-state index contributed by atoms with van der Waals surface area (Å²) in [5, 5.41) is 4.24. The Hall–Kier alpha value is -3.66. The van der Waals surface area contributed by atoms with Crippen molar-refractivity contribution in [3.8, 4) is 0 Å². The highest BCUT2D eigenvalue weighted by atomic mass is 16.2. The topological polar surface area (TPSA) is 44.7 Å². The first-order valence-corrected chi connectivity index (χ1v) is 12.3. The van der Waals surface area contributed by atoms with Crippen LogP contribution in [0.25, 0.3) is 0 Å². The van der Waals surface area contributed by atoms with Gasteiger partial charge in [0.25, 0.3) is 5.91 Å². The molecular weight excluding hydrogens is 430 g/mol. The minimum Gasteiger partial charge on any atom is -0.344 e. The Balaban J connectivity index is 1.72. The molecule has 1 heterocycles. The van der Waals surface area contributed by atoms with Crippen LogP contribution in [-0.2, 0) is 17.3 Å². The van der Waals surface area contributed by atoms with Crippen LogP contribution < -0.4 is 10.3 Å². The largest absolute Gasteiger partial charge is 0.344 e. The zero-order valence-electron chi connectivity index (χ0n) is 21.4. The van der Waals surface area contributed by atoms with E-state index < -0.39 is 0 Å². The number of nitrogens with zero attached hydrogens (tertiary/aromatic N) is 2. The normalized spacial score (nSPS) is 18.8. The number of allylic oxidation sites excluding steroid dienone is 2. The molecule has 4 nitrogen and oxygen atoms in total. The van der Waals surface area contributed by atoms with Crippen LogP contribution in [0.2, 0.25) is 0 Å². The maximum atomic E-state index is 12.4. The van der Waals surface area contributed by atoms with Gasteiger partial charge >= 0.3 is 0 Å². The Kier molecular flexibility index (Phi) is 6.93. The standard InChI is InChI=1S/C31H35N3O/c1-6-34-27-18-17-25(30(2,3)4)21-26(27)31(5,22-23-13-9-7-10-14-23)28(34)19-20-32-33-29(35)24-15-11-8-12-16-24/h7-21H,6,22H2,1-5H3,(H,33,35)/b28-19-,32-20+. The molecule has 1 aliphatic rings. The van der Waals surface area contributed by atoms with Gasteiger partial charge in [-0.25, -0.2) is 5.43 Å². The molecule has 3 aromatic rings. The second kappa shape index (κ2) is 9.91. The van der Waals surface area contributed by atoms with E-state index in [2.05, 4.69) is 105 Å². The van der Waals surface area contributed by atoms with E-state index in [-0.39, 0.29) is 16.7 Å². The van der Waals surface area contributed by atoms with Gasteiger partial charge in [-0.2, -0.15) is 5.10 Å². The fourth-order valence-corrected chi connectivity index (χ4v) is 4.91. The van der Waals surface area contributed by atoms with Gasteiger partial charge in [-0.1, -0.05) is 81.4 Å². The van der Waals surface area contributed by atoms with Crippen molar-refractivity contribution >= 4 is 17.8 Å². The quantitative estimate of drug-likeness (QED) is 0.328. The molecule has 0 bridgehead atoms. The highest BCUT2D eigenvalue weighted by Crippen LogP contribution is 2.50. The first-order chi connectivity index (χ1) is 16.7. The van der Waals surface area contributed by atoms with E-state index in [0.29, 0.717) is 5.56 Å². The van der Waals surface area contributed by atoms with Crippen molar-refractivity contribution in [2.24, 2.45) is 5.10 Å². The van der Waals surface area contributed by atoms with Gasteiger partial charge in [0.2, 0.25) is 0 Å². The molecule has 4 heteroatoms. The molecule has 180 valence electrons. The lowest BCUT2D eigenvalue weighted by atomic mass is 9.74.